The molecule has 1 amide bonds. The van der Waals surface area contributed by atoms with E-state index in [1.807, 2.05) is 32.0 Å². The van der Waals surface area contributed by atoms with Crippen LogP contribution in [0.5, 0.6) is 5.75 Å². The number of ether oxygens (including phenoxy) is 1. The maximum absolute atomic E-state index is 11.7. The van der Waals surface area contributed by atoms with Crippen molar-refractivity contribution in [2.75, 3.05) is 6.61 Å². The van der Waals surface area contributed by atoms with E-state index in [-0.39, 0.29) is 12.2 Å². The molecule has 0 aromatic heterocycles. The van der Waals surface area contributed by atoms with Crippen molar-refractivity contribution in [3.8, 4) is 5.75 Å². The third-order valence-electron chi connectivity index (χ3n) is 3.25. The Morgan fingerprint density at radius 1 is 1.17 bits per heavy atom. The normalized spacial score (nSPS) is 10.6. The summed E-state index contributed by atoms with van der Waals surface area (Å²) in [5.74, 6) is -0.971. The SMILES string of the molecule is Cc1ccc(C)c(OCC(=O)N/N=C\c2ccc(C(=O)[O-])cc2)c1. The van der Waals surface area contributed by atoms with Gasteiger partial charge < -0.3 is 14.6 Å². The second-order valence-corrected chi connectivity index (χ2v) is 5.26. The van der Waals surface area contributed by atoms with Crippen molar-refractivity contribution in [2.45, 2.75) is 13.8 Å². The van der Waals surface area contributed by atoms with Crippen LogP contribution in [0.15, 0.2) is 47.6 Å². The molecule has 2 aromatic carbocycles. The first kappa shape index (κ1) is 17.2. The van der Waals surface area contributed by atoms with E-state index in [9.17, 15) is 14.7 Å². The summed E-state index contributed by atoms with van der Waals surface area (Å²) < 4.78 is 5.47. The Labute approximate surface area is 139 Å². The van der Waals surface area contributed by atoms with Crippen LogP contribution in [0.2, 0.25) is 0 Å². The van der Waals surface area contributed by atoms with Gasteiger partial charge in [0.15, 0.2) is 6.61 Å². The average molecular weight is 325 g/mol. The van der Waals surface area contributed by atoms with Crippen LogP contribution >= 0.6 is 0 Å². The summed E-state index contributed by atoms with van der Waals surface area (Å²) in [4.78, 5) is 22.3. The van der Waals surface area contributed by atoms with Gasteiger partial charge in [0, 0.05) is 0 Å². The summed E-state index contributed by atoms with van der Waals surface area (Å²) in [7, 11) is 0. The van der Waals surface area contributed by atoms with Gasteiger partial charge in [-0.1, -0.05) is 36.4 Å². The van der Waals surface area contributed by atoms with Gasteiger partial charge in [-0.15, -0.1) is 0 Å². The predicted octanol–water partition coefficient (Wildman–Crippen LogP) is 1.20. The molecule has 0 radical (unpaired) electrons. The maximum Gasteiger partial charge on any atom is 0.277 e. The lowest BCUT2D eigenvalue weighted by molar-refractivity contribution is -0.255. The number of amides is 1. The van der Waals surface area contributed by atoms with Crippen LogP contribution in [0.1, 0.15) is 27.0 Å². The van der Waals surface area contributed by atoms with Crippen molar-refractivity contribution in [3.05, 3.63) is 64.7 Å². The molecule has 0 bridgehead atoms. The van der Waals surface area contributed by atoms with Crippen molar-refractivity contribution in [1.82, 2.24) is 5.43 Å². The van der Waals surface area contributed by atoms with Crippen LogP contribution in [0.25, 0.3) is 0 Å². The molecule has 0 aliphatic carbocycles. The summed E-state index contributed by atoms with van der Waals surface area (Å²) in [6, 6.07) is 11.7. The highest BCUT2D eigenvalue weighted by Gasteiger charge is 2.04. The van der Waals surface area contributed by atoms with E-state index < -0.39 is 11.9 Å². The summed E-state index contributed by atoms with van der Waals surface area (Å²) in [6.45, 7) is 3.70. The Kier molecular flexibility index (Phi) is 5.68. The van der Waals surface area contributed by atoms with Gasteiger partial charge in [-0.05, 0) is 42.2 Å². The molecule has 0 aliphatic heterocycles. The molecule has 0 heterocycles. The molecule has 0 aliphatic rings. The minimum atomic E-state index is -1.24. The molecule has 1 N–H and O–H groups in total. The Morgan fingerprint density at radius 2 is 1.88 bits per heavy atom. The van der Waals surface area contributed by atoms with Gasteiger partial charge in [0.1, 0.15) is 5.75 Å². The fourth-order valence-corrected chi connectivity index (χ4v) is 1.92. The summed E-state index contributed by atoms with van der Waals surface area (Å²) >= 11 is 0. The summed E-state index contributed by atoms with van der Waals surface area (Å²) in [6.07, 6.45) is 1.41. The van der Waals surface area contributed by atoms with Crippen LogP contribution in [-0.2, 0) is 4.79 Å². The fraction of sp³-hybridized carbons (Fsp3) is 0.167. The number of hydrazone groups is 1. The zero-order chi connectivity index (χ0) is 17.5. The lowest BCUT2D eigenvalue weighted by Crippen LogP contribution is -2.24. The highest BCUT2D eigenvalue weighted by atomic mass is 16.5. The van der Waals surface area contributed by atoms with Crippen molar-refractivity contribution >= 4 is 18.1 Å². The number of carboxylic acid groups (broad SMARTS) is 1. The van der Waals surface area contributed by atoms with Gasteiger partial charge in [-0.25, -0.2) is 5.43 Å². The van der Waals surface area contributed by atoms with Crippen molar-refractivity contribution in [1.29, 1.82) is 0 Å². The molecule has 0 fully saturated rings. The minimum absolute atomic E-state index is 0.0816. The van der Waals surface area contributed by atoms with Crippen LogP contribution < -0.4 is 15.3 Å². The minimum Gasteiger partial charge on any atom is -0.545 e. The molecule has 0 saturated heterocycles. The molecular weight excluding hydrogens is 308 g/mol. The van der Waals surface area contributed by atoms with E-state index in [2.05, 4.69) is 10.5 Å². The topological polar surface area (TPSA) is 90.8 Å². The first-order chi connectivity index (χ1) is 11.5. The zero-order valence-corrected chi connectivity index (χ0v) is 13.4. The Balaban J connectivity index is 1.84. The van der Waals surface area contributed by atoms with Gasteiger partial charge >= 0.3 is 0 Å². The number of hydrogen-bond donors (Lipinski definition) is 1. The molecule has 0 atom stereocenters. The number of nitrogens with one attached hydrogen (secondary N) is 1. The molecule has 6 nitrogen and oxygen atoms in total. The van der Waals surface area contributed by atoms with Crippen molar-refractivity contribution < 1.29 is 19.4 Å². The van der Waals surface area contributed by atoms with Gasteiger partial charge in [0.25, 0.3) is 5.91 Å². The molecule has 124 valence electrons. The van der Waals surface area contributed by atoms with Crippen LogP contribution in [-0.4, -0.2) is 24.7 Å². The number of carboxylic acids is 1. The van der Waals surface area contributed by atoms with E-state index in [0.717, 1.165) is 11.1 Å². The maximum atomic E-state index is 11.7. The Hall–Kier alpha value is -3.15. The van der Waals surface area contributed by atoms with Crippen molar-refractivity contribution in [3.63, 3.8) is 0 Å². The Bertz CT molecular complexity index is 767. The highest BCUT2D eigenvalue weighted by Crippen LogP contribution is 2.18. The number of hydrogen-bond acceptors (Lipinski definition) is 5. The molecular formula is C18H17N2O4-. The number of aryl methyl sites for hydroxylation is 2. The van der Waals surface area contributed by atoms with Gasteiger partial charge in [0.05, 0.1) is 12.2 Å². The van der Waals surface area contributed by atoms with Crippen LogP contribution in [0, 0.1) is 13.8 Å². The molecule has 0 unspecified atom stereocenters. The van der Waals surface area contributed by atoms with E-state index in [1.54, 1.807) is 12.1 Å². The van der Waals surface area contributed by atoms with Gasteiger partial charge in [-0.2, -0.15) is 5.10 Å². The van der Waals surface area contributed by atoms with Crippen molar-refractivity contribution in [2.24, 2.45) is 5.10 Å². The van der Waals surface area contributed by atoms with E-state index in [0.29, 0.717) is 11.3 Å². The fourth-order valence-electron chi connectivity index (χ4n) is 1.92. The standard InChI is InChI=1S/C18H18N2O4/c1-12-3-4-13(2)16(9-12)24-11-17(21)20-19-10-14-5-7-15(8-6-14)18(22)23/h3-10H,11H2,1-2H3,(H,20,21)(H,22,23)/p-1/b19-10-. The number of benzene rings is 2. The monoisotopic (exact) mass is 325 g/mol. The first-order valence-electron chi connectivity index (χ1n) is 7.29. The smallest absolute Gasteiger partial charge is 0.277 e. The number of nitrogens with zero attached hydrogens (tertiary/aromatic N) is 1. The van der Waals surface area contributed by atoms with E-state index in [4.69, 9.17) is 4.74 Å². The van der Waals surface area contributed by atoms with Crippen LogP contribution in [0.3, 0.4) is 0 Å². The number of rotatable bonds is 6. The van der Waals surface area contributed by atoms with Gasteiger partial charge in [-0.3, -0.25) is 4.79 Å². The molecule has 0 saturated carbocycles. The number of carbonyl (C=O) groups is 2. The number of carbonyl (C=O) groups excluding carboxylic acids is 2. The molecule has 6 heteroatoms. The van der Waals surface area contributed by atoms with E-state index in [1.165, 1.54) is 18.3 Å². The lowest BCUT2D eigenvalue weighted by atomic mass is 10.1. The summed E-state index contributed by atoms with van der Waals surface area (Å²) in [5.41, 5.74) is 5.08. The largest absolute Gasteiger partial charge is 0.545 e. The predicted molar refractivity (Wildman–Crippen MR) is 87.9 cm³/mol. The first-order valence-corrected chi connectivity index (χ1v) is 7.29. The Morgan fingerprint density at radius 3 is 2.54 bits per heavy atom. The second-order valence-electron chi connectivity index (χ2n) is 5.26. The molecule has 0 spiro atoms. The number of aromatic carboxylic acids is 1. The van der Waals surface area contributed by atoms with Gasteiger partial charge in [0.2, 0.25) is 0 Å². The lowest BCUT2D eigenvalue weighted by Gasteiger charge is -2.08. The molecule has 2 rings (SSSR count). The van der Waals surface area contributed by atoms with E-state index >= 15 is 0 Å². The highest BCUT2D eigenvalue weighted by molar-refractivity contribution is 5.88. The summed E-state index contributed by atoms with van der Waals surface area (Å²) in [5, 5.41) is 14.4. The third-order valence-corrected chi connectivity index (χ3v) is 3.25. The van der Waals surface area contributed by atoms with Crippen LogP contribution in [0.4, 0.5) is 0 Å². The molecule has 24 heavy (non-hydrogen) atoms. The third kappa shape index (κ3) is 4.95. The second kappa shape index (κ2) is 7.92. The molecule has 2 aromatic rings. The average Bonchev–Trinajstić information content (AvgIpc) is 2.56. The zero-order valence-electron chi connectivity index (χ0n) is 13.4. The quantitative estimate of drug-likeness (QED) is 0.638.